The summed E-state index contributed by atoms with van der Waals surface area (Å²) in [6.07, 6.45) is 68.9. The molecule has 0 aliphatic rings. The summed E-state index contributed by atoms with van der Waals surface area (Å²) in [5, 5.41) is 23.0. The highest BCUT2D eigenvalue weighted by molar-refractivity contribution is 5.76. The minimum atomic E-state index is -0.873. The standard InChI is InChI=1S/C53H95NO3/c1-3-5-7-9-11-13-15-17-19-21-22-23-24-25-26-27-28-29-30-31-32-33-35-37-39-41-43-45-47-49-53(57)54-51(50-55)52(56)48-46-44-42-40-38-36-34-20-18-16-14-12-10-8-6-4-2/h15,17-18,20-22,24-25,38,40,46,48,51-52,55-56H,3-14,16,19,23,26-37,39,41-45,47,49-50H2,1-2H3,(H,54,57)/b17-15-,20-18+,22-21-,25-24-,40-38+,48-46+. The summed E-state index contributed by atoms with van der Waals surface area (Å²) in [4.78, 5) is 12.4. The van der Waals surface area contributed by atoms with E-state index in [0.29, 0.717) is 6.42 Å². The van der Waals surface area contributed by atoms with Crippen LogP contribution >= 0.6 is 0 Å². The van der Waals surface area contributed by atoms with Gasteiger partial charge in [-0.3, -0.25) is 4.79 Å². The maximum absolute atomic E-state index is 12.4. The number of carbonyl (C=O) groups is 1. The molecule has 0 saturated heterocycles. The summed E-state index contributed by atoms with van der Waals surface area (Å²) < 4.78 is 0. The van der Waals surface area contributed by atoms with Crippen LogP contribution in [0.2, 0.25) is 0 Å². The predicted molar refractivity (Wildman–Crippen MR) is 253 cm³/mol. The number of aliphatic hydroxyl groups excluding tert-OH is 2. The minimum absolute atomic E-state index is 0.0804. The van der Waals surface area contributed by atoms with Crippen LogP contribution in [-0.4, -0.2) is 34.9 Å². The molecule has 0 bridgehead atoms. The van der Waals surface area contributed by atoms with Crippen molar-refractivity contribution in [2.24, 2.45) is 0 Å². The van der Waals surface area contributed by atoms with E-state index in [2.05, 4.69) is 79.9 Å². The Morgan fingerprint density at radius 1 is 0.421 bits per heavy atom. The molecule has 0 saturated carbocycles. The molecule has 0 heterocycles. The fourth-order valence-electron chi connectivity index (χ4n) is 7.10. The molecule has 3 N–H and O–H groups in total. The highest BCUT2D eigenvalue weighted by Gasteiger charge is 2.17. The smallest absolute Gasteiger partial charge is 0.220 e. The Bertz CT molecular complexity index is 992. The Balaban J connectivity index is 3.57. The number of carbonyl (C=O) groups excluding carboxylic acids is 1. The second-order valence-electron chi connectivity index (χ2n) is 16.5. The zero-order valence-corrected chi connectivity index (χ0v) is 37.8. The lowest BCUT2D eigenvalue weighted by Gasteiger charge is -2.19. The molecular formula is C53H95NO3. The summed E-state index contributed by atoms with van der Waals surface area (Å²) in [7, 11) is 0. The van der Waals surface area contributed by atoms with Crippen LogP contribution < -0.4 is 5.32 Å². The lowest BCUT2D eigenvalue weighted by atomic mass is 10.0. The maximum atomic E-state index is 12.4. The molecule has 4 heteroatoms. The molecule has 330 valence electrons. The van der Waals surface area contributed by atoms with Crippen molar-refractivity contribution in [3.05, 3.63) is 72.9 Å². The molecule has 0 aromatic rings. The Kier molecular flexibility index (Phi) is 46.4. The average Bonchev–Trinajstić information content (AvgIpc) is 3.22. The van der Waals surface area contributed by atoms with Gasteiger partial charge in [-0.15, -0.1) is 0 Å². The van der Waals surface area contributed by atoms with E-state index in [1.807, 2.05) is 6.08 Å². The van der Waals surface area contributed by atoms with E-state index in [0.717, 1.165) is 51.4 Å². The predicted octanol–water partition coefficient (Wildman–Crippen LogP) is 15.9. The van der Waals surface area contributed by atoms with Gasteiger partial charge in [0.15, 0.2) is 0 Å². The van der Waals surface area contributed by atoms with Gasteiger partial charge < -0.3 is 15.5 Å². The van der Waals surface area contributed by atoms with Gasteiger partial charge in [-0.25, -0.2) is 0 Å². The number of allylic oxidation sites excluding steroid dienone is 11. The van der Waals surface area contributed by atoms with Gasteiger partial charge in [-0.2, -0.15) is 0 Å². The maximum Gasteiger partial charge on any atom is 0.220 e. The highest BCUT2D eigenvalue weighted by Crippen LogP contribution is 2.15. The summed E-state index contributed by atoms with van der Waals surface area (Å²) in [6.45, 7) is 4.27. The monoisotopic (exact) mass is 794 g/mol. The second-order valence-corrected chi connectivity index (χ2v) is 16.5. The Morgan fingerprint density at radius 3 is 1.14 bits per heavy atom. The van der Waals surface area contributed by atoms with Crippen molar-refractivity contribution in [2.75, 3.05) is 6.61 Å². The molecular weight excluding hydrogens is 699 g/mol. The van der Waals surface area contributed by atoms with Crippen LogP contribution in [0, 0.1) is 0 Å². The van der Waals surface area contributed by atoms with Crippen molar-refractivity contribution in [3.63, 3.8) is 0 Å². The zero-order chi connectivity index (χ0) is 41.4. The van der Waals surface area contributed by atoms with Crippen LogP contribution in [0.3, 0.4) is 0 Å². The molecule has 2 unspecified atom stereocenters. The third kappa shape index (κ3) is 44.8. The first-order valence-corrected chi connectivity index (χ1v) is 24.7. The third-order valence-electron chi connectivity index (χ3n) is 10.9. The SMILES string of the molecule is CCCCCCC/C=C\C/C=C\C/C=C\CCCCCCCCCCCCCCCCC(=O)NC(CO)C(O)/C=C/CC/C=C/CC/C=C/CCCCCCCC. The lowest BCUT2D eigenvalue weighted by Crippen LogP contribution is -2.45. The van der Waals surface area contributed by atoms with Crippen molar-refractivity contribution in [2.45, 2.75) is 251 Å². The summed E-state index contributed by atoms with van der Waals surface area (Å²) in [5.74, 6) is -0.0804. The van der Waals surface area contributed by atoms with Gasteiger partial charge in [0.1, 0.15) is 0 Å². The summed E-state index contributed by atoms with van der Waals surface area (Å²) >= 11 is 0. The minimum Gasteiger partial charge on any atom is -0.394 e. The van der Waals surface area contributed by atoms with E-state index in [1.54, 1.807) is 6.08 Å². The number of nitrogens with one attached hydrogen (secondary N) is 1. The quantitative estimate of drug-likeness (QED) is 0.0425. The molecule has 2 atom stereocenters. The topological polar surface area (TPSA) is 69.6 Å². The van der Waals surface area contributed by atoms with Crippen LogP contribution in [0.4, 0.5) is 0 Å². The van der Waals surface area contributed by atoms with Gasteiger partial charge in [0.25, 0.3) is 0 Å². The highest BCUT2D eigenvalue weighted by atomic mass is 16.3. The number of aliphatic hydroxyl groups is 2. The lowest BCUT2D eigenvalue weighted by molar-refractivity contribution is -0.123. The number of rotatable bonds is 44. The summed E-state index contributed by atoms with van der Waals surface area (Å²) in [6, 6.07) is -0.648. The van der Waals surface area contributed by atoms with Crippen molar-refractivity contribution in [3.8, 4) is 0 Å². The molecule has 0 aromatic heterocycles. The van der Waals surface area contributed by atoms with Crippen molar-refractivity contribution in [1.82, 2.24) is 5.32 Å². The van der Waals surface area contributed by atoms with E-state index in [-0.39, 0.29) is 12.5 Å². The molecule has 0 spiro atoms. The molecule has 1 amide bonds. The largest absolute Gasteiger partial charge is 0.394 e. The molecule has 0 radical (unpaired) electrons. The first-order chi connectivity index (χ1) is 28.2. The number of amides is 1. The van der Waals surface area contributed by atoms with Gasteiger partial charge in [-0.05, 0) is 83.5 Å². The van der Waals surface area contributed by atoms with Gasteiger partial charge in [-0.1, -0.05) is 222 Å². The molecule has 0 aliphatic heterocycles. The molecule has 0 aliphatic carbocycles. The van der Waals surface area contributed by atoms with E-state index in [1.165, 1.54) is 167 Å². The Morgan fingerprint density at radius 2 is 0.737 bits per heavy atom. The first-order valence-electron chi connectivity index (χ1n) is 24.7. The van der Waals surface area contributed by atoms with Crippen LogP contribution in [0.5, 0.6) is 0 Å². The third-order valence-corrected chi connectivity index (χ3v) is 10.9. The van der Waals surface area contributed by atoms with Crippen molar-refractivity contribution >= 4 is 5.91 Å². The van der Waals surface area contributed by atoms with Gasteiger partial charge in [0.05, 0.1) is 18.8 Å². The normalized spacial score (nSPS) is 13.5. The first kappa shape index (κ1) is 54.8. The van der Waals surface area contributed by atoms with E-state index in [4.69, 9.17) is 0 Å². The fourth-order valence-corrected chi connectivity index (χ4v) is 7.10. The average molecular weight is 794 g/mol. The number of unbranched alkanes of at least 4 members (excludes halogenated alkanes) is 27. The molecule has 0 fully saturated rings. The van der Waals surface area contributed by atoms with Crippen LogP contribution in [-0.2, 0) is 4.79 Å². The number of hydrogen-bond acceptors (Lipinski definition) is 3. The van der Waals surface area contributed by atoms with Gasteiger partial charge >= 0.3 is 0 Å². The molecule has 0 aromatic carbocycles. The summed E-state index contributed by atoms with van der Waals surface area (Å²) in [5.41, 5.74) is 0. The van der Waals surface area contributed by atoms with E-state index < -0.39 is 12.1 Å². The molecule has 0 rings (SSSR count). The molecule has 4 nitrogen and oxygen atoms in total. The second kappa shape index (κ2) is 48.2. The van der Waals surface area contributed by atoms with Crippen molar-refractivity contribution in [1.29, 1.82) is 0 Å². The van der Waals surface area contributed by atoms with Crippen LogP contribution in [0.15, 0.2) is 72.9 Å². The van der Waals surface area contributed by atoms with Crippen LogP contribution in [0.1, 0.15) is 239 Å². The van der Waals surface area contributed by atoms with E-state index in [9.17, 15) is 15.0 Å². The van der Waals surface area contributed by atoms with E-state index >= 15 is 0 Å². The van der Waals surface area contributed by atoms with Gasteiger partial charge in [0, 0.05) is 6.42 Å². The van der Waals surface area contributed by atoms with Crippen LogP contribution in [0.25, 0.3) is 0 Å². The Labute approximate surface area is 355 Å². The number of hydrogen-bond donors (Lipinski definition) is 3. The molecule has 57 heavy (non-hydrogen) atoms. The zero-order valence-electron chi connectivity index (χ0n) is 37.8. The van der Waals surface area contributed by atoms with Gasteiger partial charge in [0.2, 0.25) is 5.91 Å². The Hall–Kier alpha value is -2.17. The van der Waals surface area contributed by atoms with Crippen molar-refractivity contribution < 1.29 is 15.0 Å². The fraction of sp³-hybridized carbons (Fsp3) is 0.755.